The van der Waals surface area contributed by atoms with Crippen LogP contribution in [0, 0.1) is 0 Å². The fourth-order valence-corrected chi connectivity index (χ4v) is 2.97. The van der Waals surface area contributed by atoms with Gasteiger partial charge in [-0.25, -0.2) is 5.43 Å². The van der Waals surface area contributed by atoms with Crippen LogP contribution in [0.3, 0.4) is 0 Å². The summed E-state index contributed by atoms with van der Waals surface area (Å²) in [7, 11) is 0. The van der Waals surface area contributed by atoms with Crippen molar-refractivity contribution in [3.63, 3.8) is 0 Å². The Morgan fingerprint density at radius 1 is 1.33 bits per heavy atom. The van der Waals surface area contributed by atoms with Crippen LogP contribution in [0.5, 0.6) is 0 Å². The maximum atomic E-state index is 5.72. The third-order valence-electron chi connectivity index (χ3n) is 2.79. The molecule has 0 bridgehead atoms. The molecule has 0 amide bonds. The number of hydrogen-bond donors (Lipinski definition) is 2. The summed E-state index contributed by atoms with van der Waals surface area (Å²) < 4.78 is 3.89. The van der Waals surface area contributed by atoms with Crippen molar-refractivity contribution in [1.29, 1.82) is 0 Å². The first-order chi connectivity index (χ1) is 8.69. The number of nitrogens with zero attached hydrogens (tertiary/aromatic N) is 2. The van der Waals surface area contributed by atoms with Gasteiger partial charge >= 0.3 is 0 Å². The Labute approximate surface area is 123 Å². The molecule has 0 aliphatic carbocycles. The van der Waals surface area contributed by atoms with E-state index in [4.69, 9.17) is 5.84 Å². The monoisotopic (exact) mass is 372 g/mol. The number of nitrogens with two attached hydrogens (primary N) is 1. The van der Waals surface area contributed by atoms with Crippen LogP contribution in [0.25, 0.3) is 0 Å². The molecule has 0 fully saturated rings. The molecule has 6 heteroatoms. The number of halogens is 2. The summed E-state index contributed by atoms with van der Waals surface area (Å²) in [6.07, 6.45) is 1.79. The number of hydrazine groups is 1. The maximum absolute atomic E-state index is 5.72. The second-order valence-electron chi connectivity index (χ2n) is 3.81. The average molecular weight is 374 g/mol. The molecular weight excluding hydrogens is 360 g/mol. The largest absolute Gasteiger partial charge is 0.271 e. The lowest BCUT2D eigenvalue weighted by Crippen LogP contribution is -2.31. The standard InChI is InChI=1S/C12H14Br2N4/c1-2-18-12(10(14)7-16-18)11(17-15)8-5-3-4-6-9(8)13/h3-7,11,17H,2,15H2,1H3. The number of aromatic nitrogens is 2. The Kier molecular flexibility index (Phi) is 4.55. The van der Waals surface area contributed by atoms with E-state index < -0.39 is 0 Å². The van der Waals surface area contributed by atoms with Crippen molar-refractivity contribution in [2.45, 2.75) is 19.5 Å². The lowest BCUT2D eigenvalue weighted by Gasteiger charge is -2.19. The Morgan fingerprint density at radius 3 is 2.67 bits per heavy atom. The Hall–Kier alpha value is -0.690. The van der Waals surface area contributed by atoms with Gasteiger partial charge in [0.05, 0.1) is 22.4 Å². The predicted molar refractivity (Wildman–Crippen MR) is 78.9 cm³/mol. The summed E-state index contributed by atoms with van der Waals surface area (Å²) >= 11 is 7.08. The molecule has 0 aliphatic heterocycles. The first-order valence-corrected chi connectivity index (χ1v) is 7.19. The van der Waals surface area contributed by atoms with E-state index in [9.17, 15) is 0 Å². The van der Waals surface area contributed by atoms with Gasteiger partial charge in [0.15, 0.2) is 0 Å². The smallest absolute Gasteiger partial charge is 0.0900 e. The zero-order valence-electron chi connectivity index (χ0n) is 9.90. The summed E-state index contributed by atoms with van der Waals surface area (Å²) in [6.45, 7) is 2.85. The van der Waals surface area contributed by atoms with Crippen molar-refractivity contribution in [3.05, 3.63) is 50.7 Å². The Morgan fingerprint density at radius 2 is 2.06 bits per heavy atom. The minimum absolute atomic E-state index is 0.114. The van der Waals surface area contributed by atoms with Gasteiger partial charge in [0.2, 0.25) is 0 Å². The highest BCUT2D eigenvalue weighted by Gasteiger charge is 2.21. The molecule has 0 saturated heterocycles. The van der Waals surface area contributed by atoms with Gasteiger partial charge in [0.1, 0.15) is 0 Å². The summed E-state index contributed by atoms with van der Waals surface area (Å²) in [5.74, 6) is 5.72. The van der Waals surface area contributed by atoms with E-state index in [1.165, 1.54) is 0 Å². The number of aryl methyl sites for hydroxylation is 1. The number of benzene rings is 1. The van der Waals surface area contributed by atoms with Crippen LogP contribution in [0.2, 0.25) is 0 Å². The SMILES string of the molecule is CCn1ncc(Br)c1C(NN)c1ccccc1Br. The van der Waals surface area contributed by atoms with Crippen molar-refractivity contribution in [3.8, 4) is 0 Å². The fraction of sp³-hybridized carbons (Fsp3) is 0.250. The quantitative estimate of drug-likeness (QED) is 0.639. The first kappa shape index (κ1) is 13.7. The van der Waals surface area contributed by atoms with Crippen LogP contribution < -0.4 is 11.3 Å². The van der Waals surface area contributed by atoms with Crippen molar-refractivity contribution >= 4 is 31.9 Å². The molecule has 1 atom stereocenters. The molecule has 0 aliphatic rings. The van der Waals surface area contributed by atoms with E-state index in [1.807, 2.05) is 28.9 Å². The molecule has 2 rings (SSSR count). The predicted octanol–water partition coefficient (Wildman–Crippen LogP) is 2.98. The van der Waals surface area contributed by atoms with E-state index >= 15 is 0 Å². The number of rotatable bonds is 4. The molecule has 1 heterocycles. The van der Waals surface area contributed by atoms with E-state index in [0.29, 0.717) is 0 Å². The van der Waals surface area contributed by atoms with Crippen LogP contribution in [0.15, 0.2) is 39.4 Å². The topological polar surface area (TPSA) is 55.9 Å². The second kappa shape index (κ2) is 5.97. The van der Waals surface area contributed by atoms with Gasteiger partial charge in [-0.1, -0.05) is 34.1 Å². The van der Waals surface area contributed by atoms with Gasteiger partial charge in [-0.05, 0) is 34.5 Å². The maximum Gasteiger partial charge on any atom is 0.0900 e. The Bertz CT molecular complexity index is 539. The van der Waals surface area contributed by atoms with Crippen LogP contribution in [-0.2, 0) is 6.54 Å². The normalized spacial score (nSPS) is 12.7. The molecular formula is C12H14Br2N4. The molecule has 3 N–H and O–H groups in total. The molecule has 0 radical (unpaired) electrons. The molecule has 1 aromatic heterocycles. The molecule has 96 valence electrons. The average Bonchev–Trinajstić information content (AvgIpc) is 2.74. The summed E-state index contributed by atoms with van der Waals surface area (Å²) in [5, 5.41) is 4.32. The molecule has 0 spiro atoms. The van der Waals surface area contributed by atoms with Crippen LogP contribution in [-0.4, -0.2) is 9.78 Å². The van der Waals surface area contributed by atoms with Crippen molar-refractivity contribution in [2.24, 2.45) is 5.84 Å². The lowest BCUT2D eigenvalue weighted by molar-refractivity contribution is 0.541. The minimum Gasteiger partial charge on any atom is -0.271 e. The van der Waals surface area contributed by atoms with Gasteiger partial charge in [-0.3, -0.25) is 10.5 Å². The highest BCUT2D eigenvalue weighted by atomic mass is 79.9. The summed E-state index contributed by atoms with van der Waals surface area (Å²) in [6, 6.07) is 7.89. The summed E-state index contributed by atoms with van der Waals surface area (Å²) in [4.78, 5) is 0. The van der Waals surface area contributed by atoms with Crippen molar-refractivity contribution < 1.29 is 0 Å². The zero-order valence-corrected chi connectivity index (χ0v) is 13.1. The van der Waals surface area contributed by atoms with Crippen molar-refractivity contribution in [1.82, 2.24) is 15.2 Å². The van der Waals surface area contributed by atoms with E-state index in [0.717, 1.165) is 26.7 Å². The molecule has 2 aromatic rings. The molecule has 1 unspecified atom stereocenters. The van der Waals surface area contributed by atoms with Gasteiger partial charge in [0, 0.05) is 11.0 Å². The highest BCUT2D eigenvalue weighted by Crippen LogP contribution is 2.31. The van der Waals surface area contributed by atoms with Gasteiger partial charge in [0.25, 0.3) is 0 Å². The number of nitrogens with one attached hydrogen (secondary N) is 1. The Balaban J connectivity index is 2.52. The van der Waals surface area contributed by atoms with Gasteiger partial charge in [-0.2, -0.15) is 5.10 Å². The third kappa shape index (κ3) is 2.51. The molecule has 4 nitrogen and oxygen atoms in total. The van der Waals surface area contributed by atoms with E-state index in [1.54, 1.807) is 6.20 Å². The number of hydrogen-bond acceptors (Lipinski definition) is 3. The van der Waals surface area contributed by atoms with Gasteiger partial charge < -0.3 is 0 Å². The van der Waals surface area contributed by atoms with Crippen LogP contribution in [0.1, 0.15) is 24.2 Å². The fourth-order valence-electron chi connectivity index (χ4n) is 1.94. The lowest BCUT2D eigenvalue weighted by atomic mass is 10.0. The first-order valence-electron chi connectivity index (χ1n) is 5.60. The van der Waals surface area contributed by atoms with Crippen molar-refractivity contribution in [2.75, 3.05) is 0 Å². The van der Waals surface area contributed by atoms with E-state index in [-0.39, 0.29) is 6.04 Å². The minimum atomic E-state index is -0.114. The highest BCUT2D eigenvalue weighted by molar-refractivity contribution is 9.10. The van der Waals surface area contributed by atoms with E-state index in [2.05, 4.69) is 49.3 Å². The second-order valence-corrected chi connectivity index (χ2v) is 5.52. The molecule has 18 heavy (non-hydrogen) atoms. The van der Waals surface area contributed by atoms with Crippen LogP contribution >= 0.6 is 31.9 Å². The van der Waals surface area contributed by atoms with Crippen LogP contribution in [0.4, 0.5) is 0 Å². The van der Waals surface area contributed by atoms with Gasteiger partial charge in [-0.15, -0.1) is 0 Å². The third-order valence-corrected chi connectivity index (χ3v) is 4.12. The summed E-state index contributed by atoms with van der Waals surface area (Å²) in [5.41, 5.74) is 4.96. The zero-order chi connectivity index (χ0) is 13.1. The molecule has 1 aromatic carbocycles. The molecule has 0 saturated carbocycles.